The molecular weight excluding hydrogens is 337 g/mol. The molecule has 0 spiro atoms. The van der Waals surface area contributed by atoms with Gasteiger partial charge >= 0.3 is 0 Å². The summed E-state index contributed by atoms with van der Waals surface area (Å²) in [7, 11) is 0. The maximum absolute atomic E-state index is 12.4. The molecule has 2 aromatic rings. The van der Waals surface area contributed by atoms with E-state index < -0.39 is 11.5 Å². The fourth-order valence-electron chi connectivity index (χ4n) is 2.62. The van der Waals surface area contributed by atoms with Crippen LogP contribution in [0.2, 0.25) is 10.0 Å². The fourth-order valence-corrected chi connectivity index (χ4v) is 3.16. The first-order valence-corrected chi connectivity index (χ1v) is 7.70. The van der Waals surface area contributed by atoms with Crippen molar-refractivity contribution >= 4 is 40.6 Å². The number of rotatable bonds is 3. The molecule has 0 saturated carbocycles. The van der Waals surface area contributed by atoms with Gasteiger partial charge in [-0.3, -0.25) is 9.59 Å². The Labute approximate surface area is 143 Å². The summed E-state index contributed by atoms with van der Waals surface area (Å²) in [5.74, 6) is -1.02. The van der Waals surface area contributed by atoms with Crippen molar-refractivity contribution in [1.82, 2.24) is 0 Å². The Balaban J connectivity index is 1.98. The molecule has 3 rings (SSSR count). The molecule has 6 heteroatoms. The van der Waals surface area contributed by atoms with E-state index in [-0.39, 0.29) is 27.8 Å². The summed E-state index contributed by atoms with van der Waals surface area (Å²) in [5.41, 5.74) is -0.0202. The highest BCUT2D eigenvalue weighted by atomic mass is 35.5. The predicted octanol–water partition coefficient (Wildman–Crippen LogP) is 3.71. The number of fused-ring (bicyclic) bond motifs is 1. The van der Waals surface area contributed by atoms with Gasteiger partial charge in [0, 0.05) is 16.1 Å². The fraction of sp³-hybridized carbons (Fsp3) is 0.176. The Hall–Kier alpha value is -1.88. The van der Waals surface area contributed by atoms with E-state index in [4.69, 9.17) is 23.2 Å². The topological polar surface area (TPSA) is 66.4 Å². The Morgan fingerprint density at radius 1 is 1.22 bits per heavy atom. The summed E-state index contributed by atoms with van der Waals surface area (Å²) in [6.07, 6.45) is -0.383. The van der Waals surface area contributed by atoms with Gasteiger partial charge in [-0.1, -0.05) is 53.0 Å². The van der Waals surface area contributed by atoms with E-state index in [1.54, 1.807) is 24.3 Å². The summed E-state index contributed by atoms with van der Waals surface area (Å²) < 4.78 is 0. The van der Waals surface area contributed by atoms with Crippen LogP contribution in [0.15, 0.2) is 36.4 Å². The molecule has 23 heavy (non-hydrogen) atoms. The molecule has 2 aromatic carbocycles. The molecule has 1 heterocycles. The lowest BCUT2D eigenvalue weighted by atomic mass is 9.88. The van der Waals surface area contributed by atoms with Gasteiger partial charge in [0.1, 0.15) is 0 Å². The number of aryl methyl sites for hydroxylation is 1. The number of nitrogens with one attached hydrogen (secondary N) is 1. The number of carbonyl (C=O) groups excluding carboxylic acids is 2. The number of benzene rings is 2. The van der Waals surface area contributed by atoms with E-state index in [2.05, 4.69) is 5.32 Å². The summed E-state index contributed by atoms with van der Waals surface area (Å²) >= 11 is 12.0. The maximum atomic E-state index is 12.4. The minimum absolute atomic E-state index is 0.222. The molecule has 1 unspecified atom stereocenters. The van der Waals surface area contributed by atoms with Crippen molar-refractivity contribution in [1.29, 1.82) is 0 Å². The third-order valence-corrected chi connectivity index (χ3v) is 4.42. The van der Waals surface area contributed by atoms with Crippen molar-refractivity contribution in [3.05, 3.63) is 63.1 Å². The van der Waals surface area contributed by atoms with E-state index in [0.29, 0.717) is 11.3 Å². The van der Waals surface area contributed by atoms with Crippen molar-refractivity contribution in [3.63, 3.8) is 0 Å². The average molecular weight is 350 g/mol. The molecular formula is C17H13Cl2NO3. The van der Waals surface area contributed by atoms with Gasteiger partial charge in [0.15, 0.2) is 11.4 Å². The Morgan fingerprint density at radius 3 is 2.52 bits per heavy atom. The van der Waals surface area contributed by atoms with Crippen molar-refractivity contribution in [3.8, 4) is 0 Å². The number of carbonyl (C=O) groups is 2. The van der Waals surface area contributed by atoms with Gasteiger partial charge in [-0.05, 0) is 19.1 Å². The molecule has 0 fully saturated rings. The molecule has 4 nitrogen and oxygen atoms in total. The number of ketones is 1. The number of Topliss-reactive ketones (excluding diaryl/α,β-unsaturated/α-hetero) is 1. The number of amides is 1. The lowest BCUT2D eigenvalue weighted by molar-refractivity contribution is -0.133. The Morgan fingerprint density at radius 2 is 1.87 bits per heavy atom. The highest BCUT2D eigenvalue weighted by molar-refractivity contribution is 6.37. The second-order valence-electron chi connectivity index (χ2n) is 5.59. The molecule has 2 N–H and O–H groups in total. The number of hydrogen-bond donors (Lipinski definition) is 2. The molecule has 0 aromatic heterocycles. The van der Waals surface area contributed by atoms with Crippen LogP contribution in [0.25, 0.3) is 0 Å². The van der Waals surface area contributed by atoms with E-state index in [9.17, 15) is 14.7 Å². The van der Waals surface area contributed by atoms with Crippen LogP contribution >= 0.6 is 23.2 Å². The lowest BCUT2D eigenvalue weighted by Crippen LogP contribution is -2.36. The van der Waals surface area contributed by atoms with Crippen LogP contribution in [0.5, 0.6) is 0 Å². The van der Waals surface area contributed by atoms with E-state index in [1.807, 2.05) is 6.92 Å². The molecule has 118 valence electrons. The zero-order chi connectivity index (χ0) is 16.8. The number of hydrogen-bond acceptors (Lipinski definition) is 3. The van der Waals surface area contributed by atoms with Crippen LogP contribution in [0.3, 0.4) is 0 Å². The van der Waals surface area contributed by atoms with Gasteiger partial charge in [-0.2, -0.15) is 0 Å². The van der Waals surface area contributed by atoms with Crippen LogP contribution < -0.4 is 5.32 Å². The van der Waals surface area contributed by atoms with Crippen molar-refractivity contribution in [2.45, 2.75) is 18.9 Å². The van der Waals surface area contributed by atoms with Crippen molar-refractivity contribution in [2.75, 3.05) is 5.32 Å². The highest BCUT2D eigenvalue weighted by Gasteiger charge is 2.47. The smallest absolute Gasteiger partial charge is 0.261 e. The first kappa shape index (κ1) is 16.0. The highest BCUT2D eigenvalue weighted by Crippen LogP contribution is 2.44. The first-order chi connectivity index (χ1) is 10.8. The first-order valence-electron chi connectivity index (χ1n) is 6.94. The molecule has 0 radical (unpaired) electrons. The largest absolute Gasteiger partial charge is 0.375 e. The molecule has 0 saturated heterocycles. The normalized spacial score (nSPS) is 19.4. The van der Waals surface area contributed by atoms with Crippen LogP contribution in [-0.4, -0.2) is 16.8 Å². The van der Waals surface area contributed by atoms with E-state index in [0.717, 1.165) is 5.56 Å². The number of anilines is 1. The van der Waals surface area contributed by atoms with Crippen molar-refractivity contribution < 1.29 is 14.7 Å². The van der Waals surface area contributed by atoms with Gasteiger partial charge in [-0.15, -0.1) is 0 Å². The quantitative estimate of drug-likeness (QED) is 0.830. The minimum Gasteiger partial charge on any atom is -0.375 e. The molecule has 1 aliphatic heterocycles. The monoisotopic (exact) mass is 349 g/mol. The van der Waals surface area contributed by atoms with Crippen LogP contribution in [0.4, 0.5) is 5.69 Å². The van der Waals surface area contributed by atoms with Crippen LogP contribution in [0.1, 0.15) is 27.9 Å². The standard InChI is InChI=1S/C17H13Cl2NO3/c1-9-2-4-10(5-3-9)14(21)8-17(23)12-6-11(18)7-13(19)15(12)20-16(17)22/h2-7,23H,8H2,1H3,(H,20,22). The number of aliphatic hydroxyl groups is 1. The Bertz CT molecular complexity index is 817. The molecule has 0 bridgehead atoms. The van der Waals surface area contributed by atoms with E-state index >= 15 is 0 Å². The lowest BCUT2D eigenvalue weighted by Gasteiger charge is -2.20. The minimum atomic E-state index is -1.98. The third-order valence-electron chi connectivity index (χ3n) is 3.90. The molecule has 1 aliphatic rings. The van der Waals surface area contributed by atoms with Crippen molar-refractivity contribution in [2.24, 2.45) is 0 Å². The van der Waals surface area contributed by atoms with Crippen LogP contribution in [-0.2, 0) is 10.4 Å². The SMILES string of the molecule is Cc1ccc(C(=O)CC2(O)C(=O)Nc3c(Cl)cc(Cl)cc32)cc1. The van der Waals surface area contributed by atoms with Gasteiger partial charge in [0.2, 0.25) is 0 Å². The maximum Gasteiger partial charge on any atom is 0.261 e. The molecule has 0 aliphatic carbocycles. The zero-order valence-electron chi connectivity index (χ0n) is 12.2. The second-order valence-corrected chi connectivity index (χ2v) is 6.43. The summed E-state index contributed by atoms with van der Waals surface area (Å²) in [5, 5.41) is 13.8. The summed E-state index contributed by atoms with van der Waals surface area (Å²) in [6, 6.07) is 9.85. The van der Waals surface area contributed by atoms with Gasteiger partial charge < -0.3 is 10.4 Å². The Kier molecular flexibility index (Phi) is 3.92. The average Bonchev–Trinajstić information content (AvgIpc) is 2.73. The summed E-state index contributed by atoms with van der Waals surface area (Å²) in [4.78, 5) is 24.7. The van der Waals surface area contributed by atoms with Crippen LogP contribution in [0, 0.1) is 6.92 Å². The summed E-state index contributed by atoms with van der Waals surface area (Å²) in [6.45, 7) is 1.91. The molecule has 1 amide bonds. The number of halogens is 2. The zero-order valence-corrected chi connectivity index (χ0v) is 13.7. The van der Waals surface area contributed by atoms with Gasteiger partial charge in [-0.25, -0.2) is 0 Å². The second kappa shape index (κ2) is 5.64. The predicted molar refractivity (Wildman–Crippen MR) is 89.1 cm³/mol. The van der Waals surface area contributed by atoms with E-state index in [1.165, 1.54) is 12.1 Å². The molecule has 1 atom stereocenters. The van der Waals surface area contributed by atoms with Gasteiger partial charge in [0.25, 0.3) is 5.91 Å². The van der Waals surface area contributed by atoms with Gasteiger partial charge in [0.05, 0.1) is 17.1 Å². The third kappa shape index (κ3) is 2.74.